The van der Waals surface area contributed by atoms with Crippen molar-refractivity contribution in [3.05, 3.63) is 55.3 Å². The lowest BCUT2D eigenvalue weighted by Gasteiger charge is -2.14. The molecule has 0 aromatic carbocycles. The van der Waals surface area contributed by atoms with E-state index in [-0.39, 0.29) is 22.6 Å². The molecule has 34 heavy (non-hydrogen) atoms. The summed E-state index contributed by atoms with van der Waals surface area (Å²) < 4.78 is 30.6. The van der Waals surface area contributed by atoms with Crippen LogP contribution in [0, 0.1) is 5.92 Å². The van der Waals surface area contributed by atoms with Crippen molar-refractivity contribution in [3.63, 3.8) is 0 Å². The number of nitrogens with one attached hydrogen (secondary N) is 1. The van der Waals surface area contributed by atoms with Crippen molar-refractivity contribution in [1.82, 2.24) is 28.0 Å². The van der Waals surface area contributed by atoms with Gasteiger partial charge in [-0.05, 0) is 24.8 Å². The van der Waals surface area contributed by atoms with Gasteiger partial charge in [0.25, 0.3) is 11.1 Å². The van der Waals surface area contributed by atoms with E-state index in [1.807, 2.05) is 6.92 Å². The van der Waals surface area contributed by atoms with Gasteiger partial charge in [0.15, 0.2) is 11.2 Å². The van der Waals surface area contributed by atoms with Crippen molar-refractivity contribution >= 4 is 21.2 Å². The Hall–Kier alpha value is -2.99. The minimum Gasteiger partial charge on any atom is -0.321 e. The van der Waals surface area contributed by atoms with Crippen LogP contribution >= 0.6 is 0 Å². The van der Waals surface area contributed by atoms with E-state index in [0.29, 0.717) is 24.8 Å². The third kappa shape index (κ3) is 5.07. The minimum atomic E-state index is -3.75. The number of hydrogen-bond acceptors (Lipinski definition) is 6. The molecule has 0 saturated heterocycles. The smallest absolute Gasteiger partial charge is 0.321 e. The fourth-order valence-corrected chi connectivity index (χ4v) is 4.56. The Morgan fingerprint density at radius 2 is 1.79 bits per heavy atom. The van der Waals surface area contributed by atoms with Gasteiger partial charge >= 0.3 is 5.69 Å². The lowest BCUT2D eigenvalue weighted by molar-refractivity contribution is 0.504. The highest BCUT2D eigenvalue weighted by Crippen LogP contribution is 2.17. The first-order valence-corrected chi connectivity index (χ1v) is 12.8. The third-order valence-corrected chi connectivity index (χ3v) is 7.48. The maximum atomic E-state index is 12.8. The van der Waals surface area contributed by atoms with Crippen LogP contribution in [-0.2, 0) is 29.7 Å². The first-order valence-electron chi connectivity index (χ1n) is 11.3. The van der Waals surface area contributed by atoms with Gasteiger partial charge in [-0.3, -0.25) is 19.1 Å². The van der Waals surface area contributed by atoms with Gasteiger partial charge in [0, 0.05) is 39.4 Å². The maximum absolute atomic E-state index is 12.8. The maximum Gasteiger partial charge on any atom is 0.330 e. The van der Waals surface area contributed by atoms with Crippen molar-refractivity contribution < 1.29 is 8.42 Å². The van der Waals surface area contributed by atoms with Crippen molar-refractivity contribution in [2.75, 3.05) is 14.1 Å². The zero-order valence-corrected chi connectivity index (χ0v) is 21.1. The highest BCUT2D eigenvalue weighted by molar-refractivity contribution is 7.89. The highest BCUT2D eigenvalue weighted by Gasteiger charge is 2.21. The molecule has 186 valence electrons. The normalized spacial score (nSPS) is 12.3. The second-order valence-electron chi connectivity index (χ2n) is 8.92. The Bertz CT molecular complexity index is 1460. The number of H-pyrrole nitrogens is 1. The van der Waals surface area contributed by atoms with Crippen LogP contribution in [-0.4, -0.2) is 50.5 Å². The van der Waals surface area contributed by atoms with Gasteiger partial charge in [-0.15, -0.1) is 0 Å². The van der Waals surface area contributed by atoms with Crippen LogP contribution in [0.5, 0.6) is 0 Å². The summed E-state index contributed by atoms with van der Waals surface area (Å²) in [5.74, 6) is 0.741. The van der Waals surface area contributed by atoms with Crippen LogP contribution in [0.1, 0.15) is 45.9 Å². The van der Waals surface area contributed by atoms with Crippen LogP contribution in [0.25, 0.3) is 11.2 Å². The molecule has 3 rings (SSSR count). The van der Waals surface area contributed by atoms with Gasteiger partial charge in [-0.2, -0.15) is 0 Å². The summed E-state index contributed by atoms with van der Waals surface area (Å²) in [4.78, 5) is 44.9. The molecule has 0 unspecified atom stereocenters. The van der Waals surface area contributed by atoms with E-state index in [1.54, 1.807) is 4.57 Å². The third-order valence-electron chi connectivity index (χ3n) is 5.68. The quantitative estimate of drug-likeness (QED) is 0.452. The number of aromatic nitrogens is 5. The molecule has 0 bridgehead atoms. The predicted molar refractivity (Wildman–Crippen MR) is 130 cm³/mol. The number of aromatic amines is 1. The molecule has 3 heterocycles. The number of nitrogens with zero attached hydrogens (tertiary/aromatic N) is 5. The zero-order valence-electron chi connectivity index (χ0n) is 20.2. The van der Waals surface area contributed by atoms with E-state index in [4.69, 9.17) is 0 Å². The molecule has 1 N–H and O–H groups in total. The van der Waals surface area contributed by atoms with Crippen LogP contribution in [0.4, 0.5) is 0 Å². The molecule has 0 radical (unpaired) electrons. The standard InChI is InChI=1S/C22H32N6O5S/c1-6-7-11-28-20-19(21(30)24-22(28)31)27(12-10-15(2)3)17(23-20)14-26-13-16(8-9-18(26)29)34(32,33)25(4)5/h8-9,13,15H,6-7,10-12,14H2,1-5H3,(H,24,30,31). The number of imidazole rings is 1. The van der Waals surface area contributed by atoms with Crippen LogP contribution in [0.15, 0.2) is 37.6 Å². The molecule has 0 saturated carbocycles. The molecule has 0 aliphatic heterocycles. The first-order chi connectivity index (χ1) is 16.0. The van der Waals surface area contributed by atoms with E-state index >= 15 is 0 Å². The fourth-order valence-electron chi connectivity index (χ4n) is 3.64. The molecule has 3 aromatic heterocycles. The summed E-state index contributed by atoms with van der Waals surface area (Å²) >= 11 is 0. The van der Waals surface area contributed by atoms with Gasteiger partial charge in [0.2, 0.25) is 10.0 Å². The van der Waals surface area contributed by atoms with Crippen molar-refractivity contribution in [1.29, 1.82) is 0 Å². The number of unbranched alkanes of at least 4 members (excludes halogenated alkanes) is 1. The summed E-state index contributed by atoms with van der Waals surface area (Å²) in [6.07, 6.45) is 3.61. The molecule has 0 spiro atoms. The lowest BCUT2D eigenvalue weighted by Crippen LogP contribution is -2.31. The molecular weight excluding hydrogens is 460 g/mol. The fraction of sp³-hybridized carbons (Fsp3) is 0.545. The molecule has 0 amide bonds. The average molecular weight is 493 g/mol. The molecule has 12 heteroatoms. The Labute approximate surface area is 197 Å². The molecule has 11 nitrogen and oxygen atoms in total. The summed E-state index contributed by atoms with van der Waals surface area (Å²) in [5, 5.41) is 0. The molecular formula is C22H32N6O5S. The molecule has 0 aliphatic rings. The Balaban J connectivity index is 2.22. The monoisotopic (exact) mass is 492 g/mol. The van der Waals surface area contributed by atoms with Gasteiger partial charge in [-0.25, -0.2) is 22.5 Å². The minimum absolute atomic E-state index is 0.0281. The Kier molecular flexibility index (Phi) is 7.61. The summed E-state index contributed by atoms with van der Waals surface area (Å²) in [7, 11) is -0.919. The molecule has 0 atom stereocenters. The lowest BCUT2D eigenvalue weighted by atomic mass is 10.1. The second-order valence-corrected chi connectivity index (χ2v) is 11.1. The number of rotatable bonds is 10. The molecule has 0 fully saturated rings. The van der Waals surface area contributed by atoms with Gasteiger partial charge in [0.1, 0.15) is 5.82 Å². The SMILES string of the molecule is CCCCn1c(=O)[nH]c(=O)c2c1nc(Cn1cc(S(=O)(=O)N(C)C)ccc1=O)n2CCC(C)C. The van der Waals surface area contributed by atoms with E-state index < -0.39 is 26.8 Å². The van der Waals surface area contributed by atoms with Gasteiger partial charge in [0.05, 0.1) is 11.4 Å². The van der Waals surface area contributed by atoms with E-state index in [9.17, 15) is 22.8 Å². The Morgan fingerprint density at radius 1 is 1.09 bits per heavy atom. The second kappa shape index (κ2) is 10.1. The van der Waals surface area contributed by atoms with E-state index in [0.717, 1.165) is 23.6 Å². The number of sulfonamides is 1. The van der Waals surface area contributed by atoms with E-state index in [2.05, 4.69) is 23.8 Å². The predicted octanol–water partition coefficient (Wildman–Crippen LogP) is 1.19. The van der Waals surface area contributed by atoms with E-state index in [1.165, 1.54) is 41.6 Å². The number of fused-ring (bicyclic) bond motifs is 1. The van der Waals surface area contributed by atoms with Crippen molar-refractivity contribution in [3.8, 4) is 0 Å². The van der Waals surface area contributed by atoms with Gasteiger partial charge in [-0.1, -0.05) is 27.2 Å². The van der Waals surface area contributed by atoms with Crippen LogP contribution < -0.4 is 16.8 Å². The summed E-state index contributed by atoms with van der Waals surface area (Å²) in [6, 6.07) is 2.46. The van der Waals surface area contributed by atoms with Crippen LogP contribution in [0.2, 0.25) is 0 Å². The number of hydrogen-bond donors (Lipinski definition) is 1. The van der Waals surface area contributed by atoms with Crippen LogP contribution in [0.3, 0.4) is 0 Å². The average Bonchev–Trinajstić information content (AvgIpc) is 3.11. The molecule has 0 aliphatic carbocycles. The highest BCUT2D eigenvalue weighted by atomic mass is 32.2. The van der Waals surface area contributed by atoms with Gasteiger partial charge < -0.3 is 9.13 Å². The topological polar surface area (TPSA) is 132 Å². The Morgan fingerprint density at radius 3 is 2.41 bits per heavy atom. The van der Waals surface area contributed by atoms with Crippen molar-refractivity contribution in [2.45, 2.75) is 64.6 Å². The van der Waals surface area contributed by atoms with Crippen molar-refractivity contribution in [2.24, 2.45) is 5.92 Å². The first kappa shape index (κ1) is 25.6. The largest absolute Gasteiger partial charge is 0.330 e. The summed E-state index contributed by atoms with van der Waals surface area (Å²) in [6.45, 7) is 6.93. The number of aryl methyl sites for hydroxylation is 2. The summed E-state index contributed by atoms with van der Waals surface area (Å²) in [5.41, 5.74) is -0.922. The zero-order chi connectivity index (χ0) is 25.2. The number of pyridine rings is 1. The molecule has 3 aromatic rings.